The van der Waals surface area contributed by atoms with Crippen molar-refractivity contribution in [2.45, 2.75) is 31.4 Å². The van der Waals surface area contributed by atoms with Gasteiger partial charge in [0, 0.05) is 5.56 Å². The van der Waals surface area contributed by atoms with Crippen molar-refractivity contribution in [3.05, 3.63) is 50.6 Å². The number of carbonyl (C=O) groups is 1. The number of ether oxygens (including phenoxy) is 1. The first-order valence-corrected chi connectivity index (χ1v) is 9.92. The van der Waals surface area contributed by atoms with Crippen LogP contribution in [0.5, 0.6) is 0 Å². The molecule has 0 saturated heterocycles. The van der Waals surface area contributed by atoms with Crippen LogP contribution in [0.25, 0.3) is 0 Å². The molecule has 1 N–H and O–H groups in total. The second kappa shape index (κ2) is 7.57. The Bertz CT molecular complexity index is 784. The van der Waals surface area contributed by atoms with Crippen LogP contribution < -0.4 is 4.72 Å². The maximum absolute atomic E-state index is 12.2. The minimum atomic E-state index is -3.76. The second-order valence-electron chi connectivity index (χ2n) is 5.02. The lowest BCUT2D eigenvalue weighted by molar-refractivity contribution is -0.146. The van der Waals surface area contributed by atoms with Crippen molar-refractivity contribution in [1.29, 1.82) is 0 Å². The number of nitrogens with one attached hydrogen (secondary N) is 1. The number of sulfonamides is 1. The van der Waals surface area contributed by atoms with Gasteiger partial charge in [-0.25, -0.2) is 8.42 Å². The molecule has 0 spiro atoms. The van der Waals surface area contributed by atoms with E-state index in [0.29, 0.717) is 0 Å². The van der Waals surface area contributed by atoms with Crippen molar-refractivity contribution in [3.63, 3.8) is 0 Å². The lowest BCUT2D eigenvalue weighted by Gasteiger charge is -2.13. The summed E-state index contributed by atoms with van der Waals surface area (Å²) in [6.45, 7) is 3.43. The molecule has 0 fully saturated rings. The fraction of sp³-hybridized carbons (Fsp3) is 0.267. The SMILES string of the molecule is Cc1ccc(S(=O)(=O)NC(C)C(=O)OCc2csc(Br)c2)cc1. The van der Waals surface area contributed by atoms with Gasteiger partial charge in [-0.2, -0.15) is 4.72 Å². The zero-order valence-electron chi connectivity index (χ0n) is 12.6. The van der Waals surface area contributed by atoms with Crippen molar-refractivity contribution in [3.8, 4) is 0 Å². The van der Waals surface area contributed by atoms with Crippen molar-refractivity contribution < 1.29 is 17.9 Å². The van der Waals surface area contributed by atoms with E-state index in [2.05, 4.69) is 20.7 Å². The molecule has 8 heteroatoms. The Labute approximate surface area is 147 Å². The minimum absolute atomic E-state index is 0.109. The zero-order chi connectivity index (χ0) is 17.0. The molecule has 1 aromatic carbocycles. The van der Waals surface area contributed by atoms with Crippen molar-refractivity contribution >= 4 is 43.3 Å². The van der Waals surface area contributed by atoms with Gasteiger partial charge in [0.1, 0.15) is 12.6 Å². The molecule has 1 heterocycles. The number of hydrogen-bond acceptors (Lipinski definition) is 5. The fourth-order valence-electron chi connectivity index (χ4n) is 1.77. The van der Waals surface area contributed by atoms with Crippen LogP contribution in [0.4, 0.5) is 0 Å². The molecule has 2 aromatic rings. The predicted molar refractivity (Wildman–Crippen MR) is 92.8 cm³/mol. The maximum Gasteiger partial charge on any atom is 0.324 e. The molecule has 1 aromatic heterocycles. The van der Waals surface area contributed by atoms with Gasteiger partial charge in [-0.05, 0) is 53.4 Å². The van der Waals surface area contributed by atoms with Gasteiger partial charge < -0.3 is 4.74 Å². The van der Waals surface area contributed by atoms with Crippen LogP contribution in [0.15, 0.2) is 44.4 Å². The van der Waals surface area contributed by atoms with Gasteiger partial charge in [-0.15, -0.1) is 11.3 Å². The summed E-state index contributed by atoms with van der Waals surface area (Å²) in [7, 11) is -3.76. The van der Waals surface area contributed by atoms with Crippen LogP contribution >= 0.6 is 27.3 Å². The van der Waals surface area contributed by atoms with E-state index in [9.17, 15) is 13.2 Å². The van der Waals surface area contributed by atoms with Gasteiger partial charge in [0.15, 0.2) is 0 Å². The first-order valence-electron chi connectivity index (χ1n) is 6.76. The molecule has 0 radical (unpaired) electrons. The maximum atomic E-state index is 12.2. The Hall–Kier alpha value is -1.22. The number of halogens is 1. The average Bonchev–Trinajstić information content (AvgIpc) is 2.90. The largest absolute Gasteiger partial charge is 0.460 e. The third-order valence-electron chi connectivity index (χ3n) is 3.02. The lowest BCUT2D eigenvalue weighted by Crippen LogP contribution is -2.39. The number of hydrogen-bond donors (Lipinski definition) is 1. The van der Waals surface area contributed by atoms with Gasteiger partial charge in [-0.3, -0.25) is 4.79 Å². The number of aryl methyl sites for hydroxylation is 1. The molecule has 5 nitrogen and oxygen atoms in total. The first kappa shape index (κ1) is 18.1. The summed E-state index contributed by atoms with van der Waals surface area (Å²) in [6.07, 6.45) is 0. The Balaban J connectivity index is 1.95. The summed E-state index contributed by atoms with van der Waals surface area (Å²) in [5, 5.41) is 1.86. The standard InChI is InChI=1S/C15H16BrNO4S2/c1-10-3-5-13(6-4-10)23(19,20)17-11(2)15(18)21-8-12-7-14(16)22-9-12/h3-7,9,11,17H,8H2,1-2H3. The Kier molecular flexibility index (Phi) is 5.96. The third-order valence-corrected chi connectivity index (χ3v) is 6.13. The normalized spacial score (nSPS) is 12.8. The van der Waals surface area contributed by atoms with E-state index < -0.39 is 22.0 Å². The molecule has 1 unspecified atom stereocenters. The molecule has 2 rings (SSSR count). The number of thiophene rings is 1. The molecular weight excluding hydrogens is 402 g/mol. The van der Waals surface area contributed by atoms with Crippen molar-refractivity contribution in [2.75, 3.05) is 0 Å². The van der Waals surface area contributed by atoms with E-state index in [1.54, 1.807) is 12.1 Å². The summed E-state index contributed by atoms with van der Waals surface area (Å²) >= 11 is 4.81. The van der Waals surface area contributed by atoms with E-state index in [1.807, 2.05) is 18.4 Å². The van der Waals surface area contributed by atoms with Gasteiger partial charge in [0.2, 0.25) is 10.0 Å². The summed E-state index contributed by atoms with van der Waals surface area (Å²) < 4.78 is 32.8. The molecule has 0 bridgehead atoms. The topological polar surface area (TPSA) is 72.5 Å². The summed E-state index contributed by atoms with van der Waals surface area (Å²) in [6, 6.07) is 7.28. The zero-order valence-corrected chi connectivity index (χ0v) is 15.8. The molecule has 124 valence electrons. The molecule has 0 saturated carbocycles. The fourth-order valence-corrected chi connectivity index (χ4v) is 4.15. The third kappa shape index (κ3) is 5.13. The predicted octanol–water partition coefficient (Wildman–Crippen LogP) is 3.23. The lowest BCUT2D eigenvalue weighted by atomic mass is 10.2. The number of esters is 1. The molecule has 0 aliphatic rings. The van der Waals surface area contributed by atoms with E-state index in [0.717, 1.165) is 14.9 Å². The van der Waals surface area contributed by atoms with E-state index in [-0.39, 0.29) is 11.5 Å². The van der Waals surface area contributed by atoms with Crippen LogP contribution in [-0.2, 0) is 26.2 Å². The van der Waals surface area contributed by atoms with Crippen LogP contribution in [-0.4, -0.2) is 20.4 Å². The molecule has 1 atom stereocenters. The van der Waals surface area contributed by atoms with E-state index >= 15 is 0 Å². The highest BCUT2D eigenvalue weighted by Crippen LogP contribution is 2.21. The second-order valence-corrected chi connectivity index (χ2v) is 9.03. The van der Waals surface area contributed by atoms with Gasteiger partial charge in [0.25, 0.3) is 0 Å². The number of benzene rings is 1. The quantitative estimate of drug-likeness (QED) is 0.732. The molecule has 0 aliphatic heterocycles. The molecular formula is C15H16BrNO4S2. The van der Waals surface area contributed by atoms with Crippen LogP contribution in [0, 0.1) is 6.92 Å². The number of rotatable bonds is 6. The van der Waals surface area contributed by atoms with Gasteiger partial charge in [0.05, 0.1) is 8.68 Å². The first-order chi connectivity index (χ1) is 10.8. The smallest absolute Gasteiger partial charge is 0.324 e. The Morgan fingerprint density at radius 2 is 2.00 bits per heavy atom. The van der Waals surface area contributed by atoms with Crippen LogP contribution in [0.3, 0.4) is 0 Å². The van der Waals surface area contributed by atoms with Gasteiger partial charge >= 0.3 is 5.97 Å². The molecule has 0 aliphatic carbocycles. The van der Waals surface area contributed by atoms with Crippen LogP contribution in [0.1, 0.15) is 18.1 Å². The van der Waals surface area contributed by atoms with E-state index in [4.69, 9.17) is 4.74 Å². The Morgan fingerprint density at radius 1 is 1.35 bits per heavy atom. The highest BCUT2D eigenvalue weighted by molar-refractivity contribution is 9.11. The summed E-state index contributed by atoms with van der Waals surface area (Å²) in [5.74, 6) is -0.622. The van der Waals surface area contributed by atoms with Gasteiger partial charge in [-0.1, -0.05) is 17.7 Å². The highest BCUT2D eigenvalue weighted by Gasteiger charge is 2.23. The van der Waals surface area contributed by atoms with E-state index in [1.165, 1.54) is 30.4 Å². The Morgan fingerprint density at radius 3 is 2.57 bits per heavy atom. The van der Waals surface area contributed by atoms with Crippen LogP contribution in [0.2, 0.25) is 0 Å². The minimum Gasteiger partial charge on any atom is -0.460 e. The summed E-state index contributed by atoms with van der Waals surface area (Å²) in [4.78, 5) is 12.0. The highest BCUT2D eigenvalue weighted by atomic mass is 79.9. The average molecular weight is 418 g/mol. The number of carbonyl (C=O) groups excluding carboxylic acids is 1. The van der Waals surface area contributed by atoms with Crippen molar-refractivity contribution in [2.24, 2.45) is 0 Å². The molecule has 23 heavy (non-hydrogen) atoms. The van der Waals surface area contributed by atoms with Crippen molar-refractivity contribution in [1.82, 2.24) is 4.72 Å². The summed E-state index contributed by atoms with van der Waals surface area (Å²) in [5.41, 5.74) is 1.81. The molecule has 0 amide bonds. The monoisotopic (exact) mass is 417 g/mol.